The normalized spacial score (nSPS) is 11.9. The number of carbonyl (C=O) groups excluding carboxylic acids is 1. The zero-order chi connectivity index (χ0) is 22.0. The van der Waals surface area contributed by atoms with Crippen molar-refractivity contribution in [2.45, 2.75) is 13.0 Å². The lowest BCUT2D eigenvalue weighted by atomic mass is 10.1. The lowest BCUT2D eigenvalue weighted by molar-refractivity contribution is 0.0939. The molecule has 3 aromatic heterocycles. The highest BCUT2D eigenvalue weighted by Crippen LogP contribution is 2.24. The van der Waals surface area contributed by atoms with Gasteiger partial charge in [0.25, 0.3) is 5.91 Å². The molecular weight excluding hydrogens is 407 g/mol. The Bertz CT molecular complexity index is 1230. The summed E-state index contributed by atoms with van der Waals surface area (Å²) in [6.07, 6.45) is 3.39. The van der Waals surface area contributed by atoms with E-state index in [4.69, 9.17) is 0 Å². The van der Waals surface area contributed by atoms with Crippen molar-refractivity contribution in [1.29, 1.82) is 0 Å². The second kappa shape index (κ2) is 8.39. The SMILES string of the molecule is C[C@@H](NC(=O)c1cn(-c2ccc(F)cn2)nc1-c1ccccc1)c1ncc(F)cc1F. The van der Waals surface area contributed by atoms with Gasteiger partial charge in [0.1, 0.15) is 23.1 Å². The minimum Gasteiger partial charge on any atom is -0.344 e. The fourth-order valence-corrected chi connectivity index (χ4v) is 3.06. The first-order valence-electron chi connectivity index (χ1n) is 9.31. The lowest BCUT2D eigenvalue weighted by Gasteiger charge is -2.14. The van der Waals surface area contributed by atoms with Crippen LogP contribution in [0.3, 0.4) is 0 Å². The van der Waals surface area contributed by atoms with Gasteiger partial charge in [-0.3, -0.25) is 9.78 Å². The number of hydrogen-bond acceptors (Lipinski definition) is 4. The van der Waals surface area contributed by atoms with E-state index in [-0.39, 0.29) is 11.3 Å². The molecular formula is C22H16F3N5O. The highest BCUT2D eigenvalue weighted by molar-refractivity contribution is 6.00. The molecule has 1 N–H and O–H groups in total. The van der Waals surface area contributed by atoms with Gasteiger partial charge in [0, 0.05) is 17.8 Å². The van der Waals surface area contributed by atoms with Crippen LogP contribution in [0.4, 0.5) is 13.2 Å². The Kier molecular flexibility index (Phi) is 5.48. The van der Waals surface area contributed by atoms with E-state index < -0.39 is 29.4 Å². The molecule has 0 saturated heterocycles. The van der Waals surface area contributed by atoms with Gasteiger partial charge in [0.05, 0.1) is 29.7 Å². The van der Waals surface area contributed by atoms with Crippen molar-refractivity contribution in [2.24, 2.45) is 0 Å². The zero-order valence-corrected chi connectivity index (χ0v) is 16.3. The molecule has 31 heavy (non-hydrogen) atoms. The Morgan fingerprint density at radius 2 is 1.74 bits per heavy atom. The Morgan fingerprint density at radius 1 is 1.00 bits per heavy atom. The molecule has 1 aromatic carbocycles. The van der Waals surface area contributed by atoms with E-state index in [1.54, 1.807) is 24.3 Å². The van der Waals surface area contributed by atoms with Crippen molar-refractivity contribution < 1.29 is 18.0 Å². The summed E-state index contributed by atoms with van der Waals surface area (Å²) in [6, 6.07) is 11.5. The molecule has 0 fully saturated rings. The maximum absolute atomic E-state index is 14.0. The second-order valence-corrected chi connectivity index (χ2v) is 6.75. The van der Waals surface area contributed by atoms with Crippen LogP contribution in [0, 0.1) is 17.5 Å². The predicted octanol–water partition coefficient (Wildman–Crippen LogP) is 4.24. The van der Waals surface area contributed by atoms with Gasteiger partial charge >= 0.3 is 0 Å². The van der Waals surface area contributed by atoms with E-state index in [1.165, 1.54) is 29.9 Å². The van der Waals surface area contributed by atoms with Gasteiger partial charge in [-0.05, 0) is 19.1 Å². The average Bonchev–Trinajstić information content (AvgIpc) is 3.20. The highest BCUT2D eigenvalue weighted by atomic mass is 19.1. The van der Waals surface area contributed by atoms with E-state index in [9.17, 15) is 18.0 Å². The Morgan fingerprint density at radius 3 is 2.42 bits per heavy atom. The van der Waals surface area contributed by atoms with Crippen molar-refractivity contribution in [3.05, 3.63) is 95.8 Å². The van der Waals surface area contributed by atoms with Crippen molar-refractivity contribution in [3.8, 4) is 17.1 Å². The van der Waals surface area contributed by atoms with Crippen molar-refractivity contribution in [3.63, 3.8) is 0 Å². The molecule has 0 spiro atoms. The van der Waals surface area contributed by atoms with E-state index >= 15 is 0 Å². The maximum Gasteiger partial charge on any atom is 0.255 e. The second-order valence-electron chi connectivity index (χ2n) is 6.75. The molecule has 9 heteroatoms. The van der Waals surface area contributed by atoms with Crippen LogP contribution >= 0.6 is 0 Å². The molecule has 0 radical (unpaired) electrons. The standard InChI is InChI=1S/C22H16F3N5O/c1-13(20-18(25)9-16(24)11-27-20)28-22(31)17-12-30(19-8-7-15(23)10-26-19)29-21(17)14-5-3-2-4-6-14/h2-13H,1H3,(H,28,31)/t13-/m1/s1. The largest absolute Gasteiger partial charge is 0.344 e. The third-order valence-electron chi connectivity index (χ3n) is 4.55. The predicted molar refractivity (Wildman–Crippen MR) is 107 cm³/mol. The Labute approximate surface area is 175 Å². The minimum atomic E-state index is -0.859. The molecule has 0 aliphatic rings. The smallest absolute Gasteiger partial charge is 0.255 e. The first-order chi connectivity index (χ1) is 14.9. The summed E-state index contributed by atoms with van der Waals surface area (Å²) in [5.41, 5.74) is 1.14. The molecule has 156 valence electrons. The van der Waals surface area contributed by atoms with Crippen LogP contribution in [-0.2, 0) is 0 Å². The number of pyridine rings is 2. The van der Waals surface area contributed by atoms with Crippen molar-refractivity contribution >= 4 is 5.91 Å². The summed E-state index contributed by atoms with van der Waals surface area (Å²) in [5.74, 6) is -2.39. The number of amides is 1. The Hall–Kier alpha value is -4.01. The van der Waals surface area contributed by atoms with Crippen LogP contribution in [0.5, 0.6) is 0 Å². The molecule has 1 amide bonds. The van der Waals surface area contributed by atoms with Crippen LogP contribution < -0.4 is 5.32 Å². The number of rotatable bonds is 5. The van der Waals surface area contributed by atoms with Gasteiger partial charge in [-0.2, -0.15) is 5.10 Å². The molecule has 3 heterocycles. The summed E-state index contributed by atoms with van der Waals surface area (Å²) < 4.78 is 41.8. The monoisotopic (exact) mass is 423 g/mol. The molecule has 0 saturated carbocycles. The molecule has 0 bridgehead atoms. The zero-order valence-electron chi connectivity index (χ0n) is 16.3. The Balaban J connectivity index is 1.70. The van der Waals surface area contributed by atoms with Gasteiger partial charge in [0.2, 0.25) is 0 Å². The molecule has 4 aromatic rings. The quantitative estimate of drug-likeness (QED) is 0.521. The molecule has 1 atom stereocenters. The van der Waals surface area contributed by atoms with E-state index in [2.05, 4.69) is 20.4 Å². The number of halogens is 3. The van der Waals surface area contributed by atoms with E-state index in [0.29, 0.717) is 23.1 Å². The van der Waals surface area contributed by atoms with E-state index in [1.807, 2.05) is 6.07 Å². The highest BCUT2D eigenvalue weighted by Gasteiger charge is 2.22. The summed E-state index contributed by atoms with van der Waals surface area (Å²) in [7, 11) is 0. The fourth-order valence-electron chi connectivity index (χ4n) is 3.06. The molecule has 0 aliphatic carbocycles. The van der Waals surface area contributed by atoms with Crippen LogP contribution in [0.1, 0.15) is 29.0 Å². The summed E-state index contributed by atoms with van der Waals surface area (Å²) in [6.45, 7) is 1.54. The first-order valence-corrected chi connectivity index (χ1v) is 9.31. The number of carbonyl (C=O) groups is 1. The van der Waals surface area contributed by atoms with Crippen molar-refractivity contribution in [2.75, 3.05) is 0 Å². The average molecular weight is 423 g/mol. The van der Waals surface area contributed by atoms with Gasteiger partial charge in [-0.15, -0.1) is 0 Å². The fraction of sp³-hybridized carbons (Fsp3) is 0.0909. The number of nitrogens with one attached hydrogen (secondary N) is 1. The van der Waals surface area contributed by atoms with Crippen LogP contribution in [0.2, 0.25) is 0 Å². The first kappa shape index (κ1) is 20.3. The van der Waals surface area contributed by atoms with Gasteiger partial charge < -0.3 is 5.32 Å². The van der Waals surface area contributed by atoms with Gasteiger partial charge in [0.15, 0.2) is 5.82 Å². The van der Waals surface area contributed by atoms with Gasteiger partial charge in [-0.1, -0.05) is 30.3 Å². The van der Waals surface area contributed by atoms with Crippen LogP contribution in [-0.4, -0.2) is 25.7 Å². The topological polar surface area (TPSA) is 72.7 Å². The molecule has 0 unspecified atom stereocenters. The molecule has 0 aliphatic heterocycles. The van der Waals surface area contributed by atoms with E-state index in [0.717, 1.165) is 12.4 Å². The molecule has 6 nitrogen and oxygen atoms in total. The number of aromatic nitrogens is 4. The number of benzene rings is 1. The molecule has 4 rings (SSSR count). The minimum absolute atomic E-state index is 0.0939. The van der Waals surface area contributed by atoms with Gasteiger partial charge in [-0.25, -0.2) is 22.8 Å². The lowest BCUT2D eigenvalue weighted by Crippen LogP contribution is -2.28. The van der Waals surface area contributed by atoms with Crippen LogP contribution in [0.15, 0.2) is 67.1 Å². The third kappa shape index (κ3) is 4.30. The summed E-state index contributed by atoms with van der Waals surface area (Å²) >= 11 is 0. The van der Waals surface area contributed by atoms with Crippen molar-refractivity contribution in [1.82, 2.24) is 25.1 Å². The summed E-state index contributed by atoms with van der Waals surface area (Å²) in [5, 5.41) is 7.10. The number of hydrogen-bond donors (Lipinski definition) is 1. The van der Waals surface area contributed by atoms with Crippen LogP contribution in [0.25, 0.3) is 17.1 Å². The third-order valence-corrected chi connectivity index (χ3v) is 4.55. The summed E-state index contributed by atoms with van der Waals surface area (Å²) in [4.78, 5) is 20.7. The maximum atomic E-state index is 14.0. The number of nitrogens with zero attached hydrogens (tertiary/aromatic N) is 4.